The third-order valence-electron chi connectivity index (χ3n) is 2.68. The van der Waals surface area contributed by atoms with Crippen LogP contribution in [0.4, 0.5) is 0 Å². The van der Waals surface area contributed by atoms with Crippen molar-refractivity contribution in [3.05, 3.63) is 35.1 Å². The number of nitrogens with one attached hydrogen (secondary N) is 2. The van der Waals surface area contributed by atoms with Gasteiger partial charge in [-0.2, -0.15) is 0 Å². The number of hydrogen-bond acceptors (Lipinski definition) is 5. The van der Waals surface area contributed by atoms with Crippen LogP contribution in [-0.2, 0) is 0 Å². The van der Waals surface area contributed by atoms with Crippen LogP contribution in [-0.4, -0.2) is 32.1 Å². The molecule has 2 heterocycles. The lowest BCUT2D eigenvalue weighted by Crippen LogP contribution is -2.30. The number of thioether (sulfide) groups is 1. The Bertz CT molecular complexity index is 590. The Balaban J connectivity index is 2.19. The third-order valence-corrected chi connectivity index (χ3v) is 3.52. The van der Waals surface area contributed by atoms with Crippen LogP contribution in [0.5, 0.6) is 0 Å². The van der Waals surface area contributed by atoms with E-state index >= 15 is 0 Å². The van der Waals surface area contributed by atoms with Gasteiger partial charge in [0.05, 0.1) is 17.3 Å². The molecule has 0 bridgehead atoms. The maximum Gasteiger partial charge on any atom is 0.272 e. The van der Waals surface area contributed by atoms with Gasteiger partial charge in [0.15, 0.2) is 10.9 Å². The van der Waals surface area contributed by atoms with E-state index in [1.165, 1.54) is 18.0 Å². The van der Waals surface area contributed by atoms with E-state index in [4.69, 9.17) is 11.6 Å². The van der Waals surface area contributed by atoms with Gasteiger partial charge < -0.3 is 10.3 Å². The predicted octanol–water partition coefficient (Wildman–Crippen LogP) is 2.46. The monoisotopic (exact) mass is 311 g/mol. The second-order valence-corrected chi connectivity index (χ2v) is 5.14. The molecule has 0 aliphatic carbocycles. The fraction of sp³-hybridized carbons (Fsp3) is 0.333. The highest BCUT2D eigenvalue weighted by Crippen LogP contribution is 2.18. The molecule has 1 unspecified atom stereocenters. The van der Waals surface area contributed by atoms with Gasteiger partial charge >= 0.3 is 0 Å². The van der Waals surface area contributed by atoms with Crippen molar-refractivity contribution in [3.63, 3.8) is 0 Å². The van der Waals surface area contributed by atoms with Crippen molar-refractivity contribution in [2.45, 2.75) is 24.5 Å². The Hall–Kier alpha value is -1.60. The van der Waals surface area contributed by atoms with Crippen molar-refractivity contribution in [2.75, 3.05) is 6.26 Å². The molecule has 0 saturated carbocycles. The van der Waals surface area contributed by atoms with Gasteiger partial charge in [-0.3, -0.25) is 4.79 Å². The first kappa shape index (κ1) is 14.8. The Morgan fingerprint density at radius 1 is 1.55 bits per heavy atom. The fourth-order valence-corrected chi connectivity index (χ4v) is 2.18. The summed E-state index contributed by atoms with van der Waals surface area (Å²) >= 11 is 7.33. The summed E-state index contributed by atoms with van der Waals surface area (Å²) in [6.07, 6.45) is 7.34. The summed E-state index contributed by atoms with van der Waals surface area (Å²) in [5.41, 5.74) is 0.177. The molecule has 8 heteroatoms. The fourth-order valence-electron chi connectivity index (χ4n) is 1.67. The van der Waals surface area contributed by atoms with Crippen LogP contribution in [0.25, 0.3) is 0 Å². The van der Waals surface area contributed by atoms with Crippen LogP contribution in [0.2, 0.25) is 5.02 Å². The topological polar surface area (TPSA) is 83.6 Å². The molecule has 0 fully saturated rings. The van der Waals surface area contributed by atoms with Crippen LogP contribution >= 0.6 is 23.4 Å². The highest BCUT2D eigenvalue weighted by molar-refractivity contribution is 7.98. The number of amides is 1. The smallest absolute Gasteiger partial charge is 0.272 e. The summed E-state index contributed by atoms with van der Waals surface area (Å²) in [6, 6.07) is -0.207. The summed E-state index contributed by atoms with van der Waals surface area (Å²) in [5.74, 6) is 0.368. The SMILES string of the molecule is CCC(NC(=O)c1nc(SC)ncc1Cl)c1ncc[nH]1. The molecule has 1 atom stereocenters. The van der Waals surface area contributed by atoms with Gasteiger partial charge in [0.2, 0.25) is 0 Å². The number of rotatable bonds is 5. The Morgan fingerprint density at radius 2 is 2.35 bits per heavy atom. The molecule has 0 spiro atoms. The zero-order valence-corrected chi connectivity index (χ0v) is 12.6. The molecule has 0 aliphatic rings. The quantitative estimate of drug-likeness (QED) is 0.654. The van der Waals surface area contributed by atoms with Crippen molar-refractivity contribution in [1.29, 1.82) is 0 Å². The molecular weight excluding hydrogens is 298 g/mol. The average Bonchev–Trinajstić information content (AvgIpc) is 2.99. The Labute approximate surface area is 125 Å². The molecular formula is C12H14ClN5OS. The maximum absolute atomic E-state index is 12.3. The summed E-state index contributed by atoms with van der Waals surface area (Å²) < 4.78 is 0. The molecule has 1 amide bonds. The number of imidazole rings is 1. The molecule has 2 aromatic rings. The zero-order valence-electron chi connectivity index (χ0n) is 11.1. The van der Waals surface area contributed by atoms with Crippen molar-refractivity contribution in [2.24, 2.45) is 0 Å². The van der Waals surface area contributed by atoms with Crippen molar-refractivity contribution in [3.8, 4) is 0 Å². The molecule has 0 radical (unpaired) electrons. The van der Waals surface area contributed by atoms with E-state index in [0.29, 0.717) is 17.4 Å². The third kappa shape index (κ3) is 3.29. The second-order valence-electron chi connectivity index (χ2n) is 3.96. The Kier molecular flexibility index (Phi) is 4.97. The van der Waals surface area contributed by atoms with Crippen molar-refractivity contribution in [1.82, 2.24) is 25.3 Å². The van der Waals surface area contributed by atoms with Crippen LogP contribution < -0.4 is 5.32 Å². The summed E-state index contributed by atoms with van der Waals surface area (Å²) in [6.45, 7) is 1.96. The summed E-state index contributed by atoms with van der Waals surface area (Å²) in [7, 11) is 0. The minimum atomic E-state index is -0.337. The number of carbonyl (C=O) groups excluding carboxylic acids is 1. The van der Waals surface area contributed by atoms with Crippen molar-refractivity contribution < 1.29 is 4.79 Å². The standard InChI is InChI=1S/C12H14ClN5OS/c1-3-8(10-14-4-5-15-10)17-11(19)9-7(13)6-16-12(18-9)20-2/h4-6,8H,3H2,1-2H3,(H,14,15)(H,17,19). The number of halogens is 1. The van der Waals surface area contributed by atoms with Crippen molar-refractivity contribution >= 4 is 29.3 Å². The average molecular weight is 312 g/mol. The van der Waals surface area contributed by atoms with E-state index in [9.17, 15) is 4.79 Å². The zero-order chi connectivity index (χ0) is 14.5. The highest BCUT2D eigenvalue weighted by atomic mass is 35.5. The minimum absolute atomic E-state index is 0.177. The number of carbonyl (C=O) groups is 1. The van der Waals surface area contributed by atoms with E-state index in [1.807, 2.05) is 13.2 Å². The van der Waals surface area contributed by atoms with Crippen LogP contribution in [0, 0.1) is 0 Å². The molecule has 0 aliphatic heterocycles. The van der Waals surface area contributed by atoms with E-state index in [1.54, 1.807) is 12.4 Å². The van der Waals surface area contributed by atoms with Gasteiger partial charge in [-0.05, 0) is 12.7 Å². The first-order valence-corrected chi connectivity index (χ1v) is 7.62. The molecule has 20 heavy (non-hydrogen) atoms. The van der Waals surface area contributed by atoms with E-state index in [-0.39, 0.29) is 22.7 Å². The number of aromatic amines is 1. The maximum atomic E-state index is 12.3. The normalized spacial score (nSPS) is 12.2. The lowest BCUT2D eigenvalue weighted by Gasteiger charge is -2.14. The predicted molar refractivity (Wildman–Crippen MR) is 77.9 cm³/mol. The van der Waals surface area contributed by atoms with Gasteiger partial charge in [0.1, 0.15) is 5.82 Å². The van der Waals surface area contributed by atoms with E-state index < -0.39 is 0 Å². The highest BCUT2D eigenvalue weighted by Gasteiger charge is 2.19. The van der Waals surface area contributed by atoms with Gasteiger partial charge in [0.25, 0.3) is 5.91 Å². The lowest BCUT2D eigenvalue weighted by atomic mass is 10.2. The second kappa shape index (κ2) is 6.71. The molecule has 2 rings (SSSR count). The van der Waals surface area contributed by atoms with E-state index in [2.05, 4.69) is 25.3 Å². The summed E-state index contributed by atoms with van der Waals surface area (Å²) in [5, 5.41) is 3.60. The van der Waals surface area contributed by atoms with Gasteiger partial charge in [-0.25, -0.2) is 15.0 Å². The van der Waals surface area contributed by atoms with Crippen LogP contribution in [0.15, 0.2) is 23.7 Å². The number of H-pyrrole nitrogens is 1. The molecule has 2 N–H and O–H groups in total. The lowest BCUT2D eigenvalue weighted by molar-refractivity contribution is 0.0928. The molecule has 0 aromatic carbocycles. The molecule has 106 valence electrons. The molecule has 6 nitrogen and oxygen atoms in total. The van der Waals surface area contributed by atoms with Crippen LogP contribution in [0.3, 0.4) is 0 Å². The number of nitrogens with zero attached hydrogens (tertiary/aromatic N) is 3. The minimum Gasteiger partial charge on any atom is -0.347 e. The van der Waals surface area contributed by atoms with E-state index in [0.717, 1.165) is 0 Å². The van der Waals surface area contributed by atoms with Gasteiger partial charge in [0, 0.05) is 12.4 Å². The molecule has 2 aromatic heterocycles. The molecule has 0 saturated heterocycles. The van der Waals surface area contributed by atoms with Crippen LogP contribution in [0.1, 0.15) is 35.7 Å². The summed E-state index contributed by atoms with van der Waals surface area (Å²) in [4.78, 5) is 27.5. The first-order valence-electron chi connectivity index (χ1n) is 6.02. The van der Waals surface area contributed by atoms with Gasteiger partial charge in [-0.1, -0.05) is 30.3 Å². The first-order chi connectivity index (χ1) is 9.65. The Morgan fingerprint density at radius 3 is 2.95 bits per heavy atom. The largest absolute Gasteiger partial charge is 0.347 e. The number of aromatic nitrogens is 4. The number of hydrogen-bond donors (Lipinski definition) is 2. The van der Waals surface area contributed by atoms with Gasteiger partial charge in [-0.15, -0.1) is 0 Å².